The Morgan fingerprint density at radius 1 is 1.10 bits per heavy atom. The second-order valence-electron chi connectivity index (χ2n) is 6.69. The molecule has 0 bridgehead atoms. The number of carbonyl (C=O) groups is 1. The van der Waals surface area contributed by atoms with Gasteiger partial charge in [-0.1, -0.05) is 0 Å². The van der Waals surface area contributed by atoms with Crippen LogP contribution in [0.3, 0.4) is 0 Å². The Bertz CT molecular complexity index is 984. The number of rotatable bonds is 6. The van der Waals surface area contributed by atoms with E-state index in [-0.39, 0.29) is 5.76 Å². The number of nitrogens with two attached hydrogens (primary N) is 1. The van der Waals surface area contributed by atoms with Gasteiger partial charge in [0.15, 0.2) is 17.4 Å². The molecular formula is C20H23N7O3. The van der Waals surface area contributed by atoms with Gasteiger partial charge in [-0.05, 0) is 36.4 Å². The standard InChI is InChI=1S/C20H23N7O3/c1-29-15-6-4-14(5-7-15)26-8-10-27(11-9-26)19-17(21)18(22-13-23-19)24-25-20(28)16-3-2-12-30-16/h2-7,12-13H,8-11,21H2,1H3,(H,25,28)(H,22,23,24). The molecule has 0 atom stereocenters. The number of hydrogen-bond acceptors (Lipinski definition) is 9. The smallest absolute Gasteiger partial charge is 0.305 e. The maximum Gasteiger partial charge on any atom is 0.305 e. The maximum absolute atomic E-state index is 12.0. The van der Waals surface area contributed by atoms with E-state index < -0.39 is 5.91 Å². The van der Waals surface area contributed by atoms with Crippen LogP contribution < -0.4 is 31.1 Å². The molecule has 0 unspecified atom stereocenters. The minimum atomic E-state index is -0.423. The van der Waals surface area contributed by atoms with E-state index in [0.29, 0.717) is 17.3 Å². The molecule has 30 heavy (non-hydrogen) atoms. The number of carbonyl (C=O) groups excluding carboxylic acids is 1. The number of hydrogen-bond donors (Lipinski definition) is 3. The van der Waals surface area contributed by atoms with E-state index in [1.165, 1.54) is 12.6 Å². The lowest BCUT2D eigenvalue weighted by Gasteiger charge is -2.37. The number of piperazine rings is 1. The molecule has 0 radical (unpaired) electrons. The van der Waals surface area contributed by atoms with Crippen molar-refractivity contribution < 1.29 is 13.9 Å². The molecule has 10 nitrogen and oxygen atoms in total. The Hall–Kier alpha value is -3.95. The number of hydrazine groups is 1. The number of nitrogen functional groups attached to an aromatic ring is 1. The zero-order chi connectivity index (χ0) is 20.9. The molecule has 1 aliphatic rings. The molecular weight excluding hydrogens is 386 g/mol. The Morgan fingerprint density at radius 3 is 2.50 bits per heavy atom. The average molecular weight is 409 g/mol. The van der Waals surface area contributed by atoms with Crippen LogP contribution in [0.1, 0.15) is 10.6 Å². The van der Waals surface area contributed by atoms with Gasteiger partial charge < -0.3 is 24.7 Å². The fourth-order valence-corrected chi connectivity index (χ4v) is 3.29. The summed E-state index contributed by atoms with van der Waals surface area (Å²) in [5.74, 6) is 1.56. The highest BCUT2D eigenvalue weighted by Gasteiger charge is 2.22. The summed E-state index contributed by atoms with van der Waals surface area (Å²) in [6.45, 7) is 3.17. The highest BCUT2D eigenvalue weighted by Crippen LogP contribution is 2.28. The quantitative estimate of drug-likeness (QED) is 0.523. The Balaban J connectivity index is 1.38. The van der Waals surface area contributed by atoms with Crippen molar-refractivity contribution in [2.75, 3.05) is 54.2 Å². The van der Waals surface area contributed by atoms with Gasteiger partial charge in [-0.15, -0.1) is 0 Å². The van der Waals surface area contributed by atoms with Gasteiger partial charge in [0.25, 0.3) is 0 Å². The van der Waals surface area contributed by atoms with Crippen molar-refractivity contribution in [1.29, 1.82) is 0 Å². The Kier molecular flexibility index (Phi) is 5.55. The zero-order valence-corrected chi connectivity index (χ0v) is 16.5. The number of nitrogens with one attached hydrogen (secondary N) is 2. The van der Waals surface area contributed by atoms with Crippen LogP contribution in [0.25, 0.3) is 0 Å². The van der Waals surface area contributed by atoms with Gasteiger partial charge in [-0.3, -0.25) is 15.6 Å². The molecule has 0 saturated carbocycles. The monoisotopic (exact) mass is 409 g/mol. The number of methoxy groups -OCH3 is 1. The minimum absolute atomic E-state index is 0.185. The SMILES string of the molecule is COc1ccc(N2CCN(c3ncnc(NNC(=O)c4ccco4)c3N)CC2)cc1. The normalized spacial score (nSPS) is 13.8. The first-order chi connectivity index (χ1) is 14.7. The maximum atomic E-state index is 12.0. The van der Waals surface area contributed by atoms with Gasteiger partial charge in [0, 0.05) is 31.9 Å². The second-order valence-corrected chi connectivity index (χ2v) is 6.69. The first kappa shape index (κ1) is 19.4. The molecule has 156 valence electrons. The van der Waals surface area contributed by atoms with Crippen LogP contribution in [-0.2, 0) is 0 Å². The molecule has 0 spiro atoms. The van der Waals surface area contributed by atoms with E-state index in [2.05, 4.69) is 42.8 Å². The predicted molar refractivity (Wildman–Crippen MR) is 114 cm³/mol. The minimum Gasteiger partial charge on any atom is -0.497 e. The molecule has 1 aromatic carbocycles. The number of aromatic nitrogens is 2. The Labute approximate surface area is 173 Å². The van der Waals surface area contributed by atoms with Crippen LogP contribution >= 0.6 is 0 Å². The molecule has 1 saturated heterocycles. The average Bonchev–Trinajstić information content (AvgIpc) is 3.34. The van der Waals surface area contributed by atoms with Gasteiger partial charge >= 0.3 is 5.91 Å². The van der Waals surface area contributed by atoms with Crippen LogP contribution in [0.2, 0.25) is 0 Å². The summed E-state index contributed by atoms with van der Waals surface area (Å²) in [4.78, 5) is 24.9. The van der Waals surface area contributed by atoms with Crippen LogP contribution in [0.15, 0.2) is 53.4 Å². The summed E-state index contributed by atoms with van der Waals surface area (Å²) >= 11 is 0. The van der Waals surface area contributed by atoms with Crippen molar-refractivity contribution in [1.82, 2.24) is 15.4 Å². The van der Waals surface area contributed by atoms with Gasteiger partial charge in [-0.2, -0.15) is 0 Å². The number of furan rings is 1. The third kappa shape index (κ3) is 4.07. The van der Waals surface area contributed by atoms with E-state index >= 15 is 0 Å². The number of benzene rings is 1. The number of amides is 1. The van der Waals surface area contributed by atoms with Gasteiger partial charge in [-0.25, -0.2) is 9.97 Å². The highest BCUT2D eigenvalue weighted by atomic mass is 16.5. The molecule has 4 N–H and O–H groups in total. The van der Waals surface area contributed by atoms with E-state index in [1.807, 2.05) is 12.1 Å². The molecule has 3 heterocycles. The lowest BCUT2D eigenvalue weighted by molar-refractivity contribution is 0.0935. The zero-order valence-electron chi connectivity index (χ0n) is 16.5. The fraction of sp³-hybridized carbons (Fsp3) is 0.250. The fourth-order valence-electron chi connectivity index (χ4n) is 3.29. The van der Waals surface area contributed by atoms with Crippen LogP contribution in [-0.4, -0.2) is 49.2 Å². The van der Waals surface area contributed by atoms with Crippen LogP contribution in [0.5, 0.6) is 5.75 Å². The lowest BCUT2D eigenvalue weighted by Crippen LogP contribution is -2.47. The van der Waals surface area contributed by atoms with Crippen molar-refractivity contribution in [3.8, 4) is 5.75 Å². The van der Waals surface area contributed by atoms with Crippen molar-refractivity contribution in [2.45, 2.75) is 0 Å². The summed E-state index contributed by atoms with van der Waals surface area (Å²) in [5, 5.41) is 0. The Morgan fingerprint density at radius 2 is 1.83 bits per heavy atom. The van der Waals surface area contributed by atoms with E-state index in [9.17, 15) is 4.79 Å². The molecule has 0 aliphatic carbocycles. The van der Waals surface area contributed by atoms with Crippen molar-refractivity contribution >= 4 is 28.9 Å². The van der Waals surface area contributed by atoms with E-state index in [0.717, 1.165) is 37.6 Å². The summed E-state index contributed by atoms with van der Waals surface area (Å²) in [7, 11) is 1.66. The summed E-state index contributed by atoms with van der Waals surface area (Å²) < 4.78 is 10.3. The van der Waals surface area contributed by atoms with Crippen molar-refractivity contribution in [3.05, 3.63) is 54.7 Å². The summed E-state index contributed by atoms with van der Waals surface area (Å²) in [6.07, 6.45) is 2.85. The molecule has 3 aromatic rings. The first-order valence-electron chi connectivity index (χ1n) is 9.50. The number of ether oxygens (including phenoxy) is 1. The highest BCUT2D eigenvalue weighted by molar-refractivity contribution is 5.92. The second kappa shape index (κ2) is 8.60. The van der Waals surface area contributed by atoms with Gasteiger partial charge in [0.1, 0.15) is 17.8 Å². The molecule has 1 aliphatic heterocycles. The van der Waals surface area contributed by atoms with Gasteiger partial charge in [0.05, 0.1) is 13.4 Å². The number of nitrogens with zero attached hydrogens (tertiary/aromatic N) is 4. The van der Waals surface area contributed by atoms with Gasteiger partial charge in [0.2, 0.25) is 0 Å². The summed E-state index contributed by atoms with van der Waals surface area (Å²) in [6, 6.07) is 11.2. The topological polar surface area (TPSA) is 122 Å². The van der Waals surface area contributed by atoms with Crippen molar-refractivity contribution in [2.24, 2.45) is 0 Å². The molecule has 2 aromatic heterocycles. The molecule has 1 fully saturated rings. The third-order valence-corrected chi connectivity index (χ3v) is 4.92. The van der Waals surface area contributed by atoms with Crippen LogP contribution in [0.4, 0.5) is 23.0 Å². The van der Waals surface area contributed by atoms with E-state index in [1.54, 1.807) is 19.2 Å². The predicted octanol–water partition coefficient (Wildman–Crippen LogP) is 1.74. The third-order valence-electron chi connectivity index (χ3n) is 4.92. The molecule has 1 amide bonds. The lowest BCUT2D eigenvalue weighted by atomic mass is 10.2. The van der Waals surface area contributed by atoms with Crippen molar-refractivity contribution in [3.63, 3.8) is 0 Å². The van der Waals surface area contributed by atoms with E-state index in [4.69, 9.17) is 14.9 Å². The van der Waals surface area contributed by atoms with Crippen LogP contribution in [0, 0.1) is 0 Å². The summed E-state index contributed by atoms with van der Waals surface area (Å²) in [5.41, 5.74) is 13.0. The number of anilines is 4. The first-order valence-corrected chi connectivity index (χ1v) is 9.50. The molecule has 4 rings (SSSR count). The molecule has 10 heteroatoms. The largest absolute Gasteiger partial charge is 0.497 e.